The number of amides is 1. The molecule has 0 aliphatic carbocycles. The standard InChI is InChI=1S/C20H16N4O2/c1-21-17-5-3-4-14(11-17)10-15-6-8-18(22-12-15)23-20(26)16-7-9-19(25)24(2)13-16/h3-9,11-13H,10H2,2H3,(H,22,23,26). The molecule has 3 aromatic rings. The molecular formula is C20H16N4O2. The SMILES string of the molecule is [C-]#[N+]c1cccc(Cc2ccc(NC(=O)c3ccc(=O)n(C)c3)nc2)c1. The molecule has 6 nitrogen and oxygen atoms in total. The van der Waals surface area contributed by atoms with Crippen molar-refractivity contribution >= 4 is 17.4 Å². The number of hydrogen-bond donors (Lipinski definition) is 1. The molecular weight excluding hydrogens is 328 g/mol. The average Bonchev–Trinajstić information content (AvgIpc) is 2.65. The molecule has 2 heterocycles. The average molecular weight is 344 g/mol. The van der Waals surface area contributed by atoms with Gasteiger partial charge in [-0.05, 0) is 24.1 Å². The Morgan fingerprint density at radius 2 is 2.04 bits per heavy atom. The quantitative estimate of drug-likeness (QED) is 0.739. The number of carbonyl (C=O) groups is 1. The van der Waals surface area contributed by atoms with Gasteiger partial charge in [0.05, 0.1) is 12.1 Å². The van der Waals surface area contributed by atoms with E-state index in [2.05, 4.69) is 15.1 Å². The van der Waals surface area contributed by atoms with Crippen LogP contribution in [-0.2, 0) is 13.5 Å². The second-order valence-electron chi connectivity index (χ2n) is 5.83. The lowest BCUT2D eigenvalue weighted by molar-refractivity contribution is 0.102. The minimum absolute atomic E-state index is 0.175. The highest BCUT2D eigenvalue weighted by atomic mass is 16.2. The van der Waals surface area contributed by atoms with Gasteiger partial charge in [0.2, 0.25) is 5.56 Å². The Morgan fingerprint density at radius 3 is 2.73 bits per heavy atom. The summed E-state index contributed by atoms with van der Waals surface area (Å²) in [6, 6.07) is 13.9. The summed E-state index contributed by atoms with van der Waals surface area (Å²) in [6.07, 6.45) is 3.84. The molecule has 1 aromatic carbocycles. The molecule has 2 aromatic heterocycles. The first-order chi connectivity index (χ1) is 12.5. The Bertz CT molecular complexity index is 1050. The van der Waals surface area contributed by atoms with Gasteiger partial charge in [-0.1, -0.05) is 35.9 Å². The second-order valence-corrected chi connectivity index (χ2v) is 5.83. The molecule has 128 valence electrons. The number of aryl methyl sites for hydroxylation is 1. The highest BCUT2D eigenvalue weighted by Gasteiger charge is 2.08. The topological polar surface area (TPSA) is 68.3 Å². The fraction of sp³-hybridized carbons (Fsp3) is 0.100. The molecule has 0 aliphatic heterocycles. The predicted molar refractivity (Wildman–Crippen MR) is 99.4 cm³/mol. The molecule has 0 unspecified atom stereocenters. The van der Waals surface area contributed by atoms with E-state index in [1.807, 2.05) is 24.3 Å². The number of pyridine rings is 2. The zero-order chi connectivity index (χ0) is 18.5. The predicted octanol–water partition coefficient (Wildman–Crippen LogP) is 3.17. The molecule has 0 saturated heterocycles. The van der Waals surface area contributed by atoms with E-state index in [-0.39, 0.29) is 11.5 Å². The van der Waals surface area contributed by atoms with E-state index >= 15 is 0 Å². The smallest absolute Gasteiger partial charge is 0.258 e. The van der Waals surface area contributed by atoms with Crippen molar-refractivity contribution in [1.29, 1.82) is 0 Å². The highest BCUT2D eigenvalue weighted by molar-refractivity contribution is 6.03. The molecule has 0 atom stereocenters. The maximum absolute atomic E-state index is 12.2. The van der Waals surface area contributed by atoms with E-state index < -0.39 is 0 Å². The molecule has 0 fully saturated rings. The first-order valence-corrected chi connectivity index (χ1v) is 7.94. The van der Waals surface area contributed by atoms with Crippen LogP contribution < -0.4 is 10.9 Å². The molecule has 0 bridgehead atoms. The van der Waals surface area contributed by atoms with Crippen molar-refractivity contribution in [1.82, 2.24) is 9.55 Å². The Balaban J connectivity index is 1.69. The summed E-state index contributed by atoms with van der Waals surface area (Å²) in [4.78, 5) is 31.3. The fourth-order valence-corrected chi connectivity index (χ4v) is 2.49. The summed E-state index contributed by atoms with van der Waals surface area (Å²) in [6.45, 7) is 7.06. The van der Waals surface area contributed by atoms with Crippen LogP contribution in [0.25, 0.3) is 4.85 Å². The van der Waals surface area contributed by atoms with Gasteiger partial charge in [-0.3, -0.25) is 9.59 Å². The number of carbonyl (C=O) groups excluding carboxylic acids is 1. The molecule has 3 rings (SSSR count). The number of nitrogens with one attached hydrogen (secondary N) is 1. The lowest BCUT2D eigenvalue weighted by Gasteiger charge is -2.07. The molecule has 1 amide bonds. The third kappa shape index (κ3) is 4.02. The molecule has 6 heteroatoms. The summed E-state index contributed by atoms with van der Waals surface area (Å²) in [5, 5.41) is 2.71. The van der Waals surface area contributed by atoms with Crippen molar-refractivity contribution in [2.45, 2.75) is 6.42 Å². The van der Waals surface area contributed by atoms with Gasteiger partial charge in [-0.15, -0.1) is 0 Å². The van der Waals surface area contributed by atoms with Crippen LogP contribution in [0.2, 0.25) is 0 Å². The second kappa shape index (κ2) is 7.45. The van der Waals surface area contributed by atoms with Crippen molar-refractivity contribution in [2.75, 3.05) is 5.32 Å². The van der Waals surface area contributed by atoms with Crippen LogP contribution >= 0.6 is 0 Å². The Morgan fingerprint density at radius 1 is 1.19 bits per heavy atom. The van der Waals surface area contributed by atoms with E-state index in [4.69, 9.17) is 6.57 Å². The lowest BCUT2D eigenvalue weighted by atomic mass is 10.1. The third-order valence-electron chi connectivity index (χ3n) is 3.86. The van der Waals surface area contributed by atoms with Gasteiger partial charge < -0.3 is 9.88 Å². The minimum atomic E-state index is -0.328. The van der Waals surface area contributed by atoms with Crippen LogP contribution in [0, 0.1) is 6.57 Å². The Labute approximate surface area is 150 Å². The van der Waals surface area contributed by atoms with Gasteiger partial charge >= 0.3 is 0 Å². The van der Waals surface area contributed by atoms with Crippen LogP contribution in [0.3, 0.4) is 0 Å². The first-order valence-electron chi connectivity index (χ1n) is 7.94. The molecule has 0 spiro atoms. The fourth-order valence-electron chi connectivity index (χ4n) is 2.49. The van der Waals surface area contributed by atoms with Crippen molar-refractivity contribution < 1.29 is 4.79 Å². The third-order valence-corrected chi connectivity index (χ3v) is 3.86. The number of aromatic nitrogens is 2. The lowest BCUT2D eigenvalue weighted by Crippen LogP contribution is -2.19. The van der Waals surface area contributed by atoms with E-state index in [1.54, 1.807) is 25.4 Å². The van der Waals surface area contributed by atoms with Gasteiger partial charge in [-0.25, -0.2) is 9.83 Å². The summed E-state index contributed by atoms with van der Waals surface area (Å²) >= 11 is 0. The van der Waals surface area contributed by atoms with E-state index in [1.165, 1.54) is 22.9 Å². The number of rotatable bonds is 4. The van der Waals surface area contributed by atoms with Crippen LogP contribution in [0.5, 0.6) is 0 Å². The van der Waals surface area contributed by atoms with Crippen LogP contribution in [0.4, 0.5) is 11.5 Å². The van der Waals surface area contributed by atoms with E-state index in [0.717, 1.165) is 11.1 Å². The molecule has 0 saturated carbocycles. The van der Waals surface area contributed by atoms with Gasteiger partial charge in [0.15, 0.2) is 5.69 Å². The first kappa shape index (κ1) is 17.1. The Hall–Kier alpha value is -3.72. The molecule has 0 radical (unpaired) electrons. The summed E-state index contributed by atoms with van der Waals surface area (Å²) in [5.74, 6) is 0.105. The van der Waals surface area contributed by atoms with Crippen LogP contribution in [-0.4, -0.2) is 15.5 Å². The zero-order valence-electron chi connectivity index (χ0n) is 14.1. The van der Waals surface area contributed by atoms with Crippen molar-refractivity contribution in [3.05, 3.63) is 99.4 Å². The van der Waals surface area contributed by atoms with Gasteiger partial charge in [0.1, 0.15) is 5.82 Å². The van der Waals surface area contributed by atoms with Gasteiger partial charge in [0, 0.05) is 25.5 Å². The van der Waals surface area contributed by atoms with Crippen molar-refractivity contribution in [3.63, 3.8) is 0 Å². The van der Waals surface area contributed by atoms with Crippen LogP contribution in [0.15, 0.2) is 65.7 Å². The largest absolute Gasteiger partial charge is 0.318 e. The minimum Gasteiger partial charge on any atom is -0.318 e. The van der Waals surface area contributed by atoms with E-state index in [0.29, 0.717) is 23.5 Å². The summed E-state index contributed by atoms with van der Waals surface area (Å²) in [7, 11) is 1.59. The normalized spacial score (nSPS) is 10.2. The molecule has 26 heavy (non-hydrogen) atoms. The number of hydrogen-bond acceptors (Lipinski definition) is 3. The summed E-state index contributed by atoms with van der Waals surface area (Å²) in [5.41, 5.74) is 2.83. The zero-order valence-corrected chi connectivity index (χ0v) is 14.1. The summed E-state index contributed by atoms with van der Waals surface area (Å²) < 4.78 is 1.35. The van der Waals surface area contributed by atoms with Crippen LogP contribution in [0.1, 0.15) is 21.5 Å². The molecule has 0 aliphatic rings. The van der Waals surface area contributed by atoms with Gasteiger partial charge in [0.25, 0.3) is 5.91 Å². The van der Waals surface area contributed by atoms with Crippen molar-refractivity contribution in [2.24, 2.45) is 7.05 Å². The maximum atomic E-state index is 12.2. The van der Waals surface area contributed by atoms with E-state index in [9.17, 15) is 9.59 Å². The number of nitrogens with zero attached hydrogens (tertiary/aromatic N) is 3. The maximum Gasteiger partial charge on any atom is 0.258 e. The number of benzene rings is 1. The Kier molecular flexibility index (Phi) is 4.90. The number of anilines is 1. The highest BCUT2D eigenvalue weighted by Crippen LogP contribution is 2.17. The van der Waals surface area contributed by atoms with Crippen molar-refractivity contribution in [3.8, 4) is 0 Å². The monoisotopic (exact) mass is 344 g/mol. The molecule has 1 N–H and O–H groups in total. The van der Waals surface area contributed by atoms with Gasteiger partial charge in [-0.2, -0.15) is 0 Å².